The van der Waals surface area contributed by atoms with Gasteiger partial charge >= 0.3 is 0 Å². The summed E-state index contributed by atoms with van der Waals surface area (Å²) < 4.78 is 0. The lowest BCUT2D eigenvalue weighted by Crippen LogP contribution is -2.31. The Labute approximate surface area is 85.4 Å². The van der Waals surface area contributed by atoms with Crippen molar-refractivity contribution in [2.75, 3.05) is 18.2 Å². The molecule has 1 aliphatic rings. The summed E-state index contributed by atoms with van der Waals surface area (Å²) in [7, 11) is 0. The Hall–Kier alpha value is -1.76. The van der Waals surface area contributed by atoms with Gasteiger partial charge in [-0.2, -0.15) is 15.3 Å². The second-order valence-corrected chi connectivity index (χ2v) is 3.34. The number of hydrogen-bond acceptors (Lipinski definition) is 6. The molecule has 0 spiro atoms. The normalized spacial score (nSPS) is 17.2. The van der Waals surface area contributed by atoms with Crippen molar-refractivity contribution in [2.24, 2.45) is 0 Å². The average Bonchev–Trinajstić information content (AvgIpc) is 2.77. The third-order valence-electron chi connectivity index (χ3n) is 2.29. The summed E-state index contributed by atoms with van der Waals surface area (Å²) in [6.45, 7) is 1.55. The smallest absolute Gasteiger partial charge is 0.252 e. The minimum Gasteiger partial charge on any atom is -0.271 e. The van der Waals surface area contributed by atoms with Gasteiger partial charge in [-0.25, -0.2) is 10.0 Å². The van der Waals surface area contributed by atoms with Gasteiger partial charge in [0, 0.05) is 6.54 Å². The fourth-order valence-corrected chi connectivity index (χ4v) is 1.52. The molecule has 2 aromatic rings. The zero-order valence-corrected chi connectivity index (χ0v) is 8.05. The fourth-order valence-electron chi connectivity index (χ4n) is 1.52. The molecule has 0 aromatic carbocycles. The Balaban J connectivity index is 1.95. The summed E-state index contributed by atoms with van der Waals surface area (Å²) in [5.41, 5.74) is 1.23. The van der Waals surface area contributed by atoms with E-state index in [-0.39, 0.29) is 0 Å². The second kappa shape index (κ2) is 3.43. The summed E-state index contributed by atoms with van der Waals surface area (Å²) in [6.07, 6.45) is 3.82. The van der Waals surface area contributed by atoms with Crippen LogP contribution in [0.4, 0.5) is 5.95 Å². The first kappa shape index (κ1) is 8.54. The molecular weight excluding hydrogens is 196 g/mol. The van der Waals surface area contributed by atoms with Crippen LogP contribution in [0, 0.1) is 0 Å². The highest BCUT2D eigenvalue weighted by Crippen LogP contribution is 2.15. The van der Waals surface area contributed by atoms with E-state index in [9.17, 15) is 0 Å². The number of anilines is 1. The molecule has 0 amide bonds. The minimum atomic E-state index is 0.552. The highest BCUT2D eigenvalue weighted by Gasteiger charge is 2.15. The highest BCUT2D eigenvalue weighted by molar-refractivity contribution is 5.68. The molecule has 15 heavy (non-hydrogen) atoms. The summed E-state index contributed by atoms with van der Waals surface area (Å²) >= 11 is 0. The lowest BCUT2D eigenvalue weighted by Gasteiger charge is -2.25. The fraction of sp³-hybridized carbons (Fsp3) is 0.500. The Morgan fingerprint density at radius 3 is 3.20 bits per heavy atom. The van der Waals surface area contributed by atoms with Crippen molar-refractivity contribution in [1.82, 2.24) is 25.4 Å². The molecule has 0 unspecified atom stereocenters. The van der Waals surface area contributed by atoms with E-state index in [0.717, 1.165) is 26.0 Å². The number of nitrogens with one attached hydrogen (secondary N) is 1. The Bertz CT molecular complexity index is 463. The van der Waals surface area contributed by atoms with Gasteiger partial charge in [0.15, 0.2) is 0 Å². The van der Waals surface area contributed by atoms with Crippen molar-refractivity contribution in [3.63, 3.8) is 0 Å². The van der Waals surface area contributed by atoms with Gasteiger partial charge in [-0.3, -0.25) is 4.84 Å². The Morgan fingerprint density at radius 2 is 2.33 bits per heavy atom. The second-order valence-electron chi connectivity index (χ2n) is 3.34. The van der Waals surface area contributed by atoms with Crippen LogP contribution in [-0.2, 0) is 4.84 Å². The van der Waals surface area contributed by atoms with Crippen LogP contribution in [0.2, 0.25) is 0 Å². The average molecular weight is 206 g/mol. The monoisotopic (exact) mass is 206 g/mol. The Morgan fingerprint density at radius 1 is 1.33 bits per heavy atom. The molecule has 7 heteroatoms. The minimum absolute atomic E-state index is 0.552. The zero-order chi connectivity index (χ0) is 10.1. The Kier molecular flexibility index (Phi) is 1.95. The van der Waals surface area contributed by atoms with Crippen molar-refractivity contribution >= 4 is 17.1 Å². The predicted molar refractivity (Wildman–Crippen MR) is 52.0 cm³/mol. The summed E-state index contributed by atoms with van der Waals surface area (Å²) in [5.74, 6) is 0.552. The first-order valence-electron chi connectivity index (χ1n) is 4.87. The molecule has 78 valence electrons. The van der Waals surface area contributed by atoms with Gasteiger partial charge in [0.2, 0.25) is 5.65 Å². The molecule has 3 rings (SSSR count). The maximum atomic E-state index is 5.44. The number of rotatable bonds is 1. The molecule has 0 saturated carbocycles. The van der Waals surface area contributed by atoms with Gasteiger partial charge < -0.3 is 0 Å². The van der Waals surface area contributed by atoms with Gasteiger partial charge in [-0.15, -0.1) is 5.10 Å². The van der Waals surface area contributed by atoms with Crippen LogP contribution < -0.4 is 5.06 Å². The molecule has 3 heterocycles. The van der Waals surface area contributed by atoms with E-state index in [0.29, 0.717) is 17.1 Å². The van der Waals surface area contributed by atoms with Crippen molar-refractivity contribution in [2.45, 2.75) is 12.8 Å². The number of aromatic amines is 1. The van der Waals surface area contributed by atoms with Gasteiger partial charge in [0.1, 0.15) is 5.52 Å². The van der Waals surface area contributed by atoms with Crippen LogP contribution in [-0.4, -0.2) is 38.5 Å². The molecule has 0 bridgehead atoms. The molecule has 0 radical (unpaired) electrons. The molecule has 0 aliphatic carbocycles. The summed E-state index contributed by atoms with van der Waals surface area (Å²) in [4.78, 5) is 13.9. The van der Waals surface area contributed by atoms with E-state index in [4.69, 9.17) is 4.84 Å². The van der Waals surface area contributed by atoms with Crippen LogP contribution in [0.1, 0.15) is 12.8 Å². The largest absolute Gasteiger partial charge is 0.271 e. The number of hydroxylamine groups is 1. The molecule has 1 N–H and O–H groups in total. The molecule has 1 aliphatic heterocycles. The maximum absolute atomic E-state index is 5.44. The number of aromatic nitrogens is 5. The molecule has 1 fully saturated rings. The molecule has 1 saturated heterocycles. The summed E-state index contributed by atoms with van der Waals surface area (Å²) in [6, 6.07) is 0. The van der Waals surface area contributed by atoms with Crippen LogP contribution in [0.3, 0.4) is 0 Å². The van der Waals surface area contributed by atoms with Gasteiger partial charge in [-0.05, 0) is 12.8 Å². The van der Waals surface area contributed by atoms with E-state index < -0.39 is 0 Å². The standard InChI is InChI=1S/C8H10N6O/c1-2-4-15-14(3-1)8-9-5-6-7(10-8)12-13-11-6/h5H,1-4H2,(H,9,10,11,12,13). The van der Waals surface area contributed by atoms with Crippen LogP contribution in [0.5, 0.6) is 0 Å². The van der Waals surface area contributed by atoms with E-state index in [1.807, 2.05) is 0 Å². The van der Waals surface area contributed by atoms with Crippen LogP contribution in [0.15, 0.2) is 6.20 Å². The van der Waals surface area contributed by atoms with Crippen molar-refractivity contribution in [3.8, 4) is 0 Å². The van der Waals surface area contributed by atoms with E-state index in [1.54, 1.807) is 11.3 Å². The lowest BCUT2D eigenvalue weighted by molar-refractivity contribution is 0.0744. The van der Waals surface area contributed by atoms with Crippen LogP contribution >= 0.6 is 0 Å². The number of H-pyrrole nitrogens is 1. The number of nitrogens with zero attached hydrogens (tertiary/aromatic N) is 5. The molecule has 2 aromatic heterocycles. The number of fused-ring (bicyclic) bond motifs is 1. The highest BCUT2D eigenvalue weighted by atomic mass is 16.7. The van der Waals surface area contributed by atoms with Crippen LogP contribution in [0.25, 0.3) is 11.2 Å². The van der Waals surface area contributed by atoms with E-state index in [2.05, 4.69) is 25.4 Å². The SMILES string of the molecule is c1nc(N2CCCCO2)nc2n[nH]nc12. The lowest BCUT2D eigenvalue weighted by atomic mass is 10.3. The molecule has 0 atom stereocenters. The first-order valence-corrected chi connectivity index (χ1v) is 4.87. The molecular formula is C8H10N6O. The van der Waals surface area contributed by atoms with Crippen molar-refractivity contribution in [3.05, 3.63) is 6.20 Å². The third-order valence-corrected chi connectivity index (χ3v) is 2.29. The van der Waals surface area contributed by atoms with E-state index >= 15 is 0 Å². The quantitative estimate of drug-likeness (QED) is 0.721. The molecule has 7 nitrogen and oxygen atoms in total. The maximum Gasteiger partial charge on any atom is 0.252 e. The van der Waals surface area contributed by atoms with Gasteiger partial charge in [-0.1, -0.05) is 0 Å². The number of hydrogen-bond donors (Lipinski definition) is 1. The van der Waals surface area contributed by atoms with Crippen molar-refractivity contribution < 1.29 is 4.84 Å². The topological polar surface area (TPSA) is 79.8 Å². The van der Waals surface area contributed by atoms with Gasteiger partial charge in [0.25, 0.3) is 5.95 Å². The zero-order valence-electron chi connectivity index (χ0n) is 8.05. The third kappa shape index (κ3) is 1.50. The van der Waals surface area contributed by atoms with Crippen molar-refractivity contribution in [1.29, 1.82) is 0 Å². The first-order chi connectivity index (χ1) is 7.43. The predicted octanol–water partition coefficient (Wildman–Crippen LogP) is 0.280. The summed E-state index contributed by atoms with van der Waals surface area (Å²) in [5, 5.41) is 12.0. The van der Waals surface area contributed by atoms with Gasteiger partial charge in [0.05, 0.1) is 12.8 Å². The van der Waals surface area contributed by atoms with E-state index in [1.165, 1.54) is 0 Å².